The number of ether oxygens (including phenoxy) is 1. The van der Waals surface area contributed by atoms with Gasteiger partial charge in [0.15, 0.2) is 0 Å². The van der Waals surface area contributed by atoms with E-state index >= 15 is 0 Å². The van der Waals surface area contributed by atoms with Crippen LogP contribution in [0.1, 0.15) is 25.3 Å². The zero-order chi connectivity index (χ0) is 10.4. The maximum absolute atomic E-state index is 5.32. The molecule has 1 aromatic carbocycles. The van der Waals surface area contributed by atoms with Gasteiger partial charge in [-0.15, -0.1) is 0 Å². The molecule has 0 spiro atoms. The van der Waals surface area contributed by atoms with Gasteiger partial charge in [-0.25, -0.2) is 0 Å². The summed E-state index contributed by atoms with van der Waals surface area (Å²) >= 11 is 0. The first kappa shape index (κ1) is 11.1. The van der Waals surface area contributed by atoms with Crippen molar-refractivity contribution in [2.45, 2.75) is 19.8 Å². The third-order valence-corrected chi connectivity index (χ3v) is 2.37. The van der Waals surface area contributed by atoms with Crippen molar-refractivity contribution >= 4 is 0 Å². The molecule has 0 radical (unpaired) electrons. The average molecular weight is 193 g/mol. The summed E-state index contributed by atoms with van der Waals surface area (Å²) in [5, 5.41) is 3.34. The predicted octanol–water partition coefficient (Wildman–Crippen LogP) is 2.41. The van der Waals surface area contributed by atoms with E-state index in [4.69, 9.17) is 4.74 Å². The molecule has 0 aromatic heterocycles. The van der Waals surface area contributed by atoms with Gasteiger partial charge in [-0.05, 0) is 24.1 Å². The van der Waals surface area contributed by atoms with Gasteiger partial charge >= 0.3 is 0 Å². The van der Waals surface area contributed by atoms with Crippen LogP contribution in [-0.4, -0.2) is 20.2 Å². The fraction of sp³-hybridized carbons (Fsp3) is 0.500. The van der Waals surface area contributed by atoms with Crippen molar-refractivity contribution in [3.05, 3.63) is 29.8 Å². The van der Waals surface area contributed by atoms with E-state index in [0.717, 1.165) is 18.8 Å². The molecule has 0 saturated carbocycles. The van der Waals surface area contributed by atoms with E-state index < -0.39 is 0 Å². The minimum Gasteiger partial charge on any atom is -0.496 e. The van der Waals surface area contributed by atoms with Gasteiger partial charge in [-0.2, -0.15) is 0 Å². The Bertz CT molecular complexity index is 273. The molecule has 0 amide bonds. The van der Waals surface area contributed by atoms with Crippen LogP contribution in [0.3, 0.4) is 0 Å². The second-order valence-corrected chi connectivity index (χ2v) is 3.45. The van der Waals surface area contributed by atoms with Gasteiger partial charge in [-0.1, -0.05) is 32.0 Å². The Hall–Kier alpha value is -1.02. The molecule has 0 aliphatic carbocycles. The van der Waals surface area contributed by atoms with Gasteiger partial charge < -0.3 is 10.1 Å². The van der Waals surface area contributed by atoms with E-state index in [1.165, 1.54) is 5.56 Å². The summed E-state index contributed by atoms with van der Waals surface area (Å²) in [6.45, 7) is 6.34. The molecule has 1 aromatic rings. The normalized spacial score (nSPS) is 12.5. The van der Waals surface area contributed by atoms with Crippen LogP contribution >= 0.6 is 0 Å². The first-order chi connectivity index (χ1) is 6.79. The zero-order valence-corrected chi connectivity index (χ0v) is 9.21. The lowest BCUT2D eigenvalue weighted by Gasteiger charge is -2.15. The van der Waals surface area contributed by atoms with Gasteiger partial charge in [0.05, 0.1) is 7.11 Å². The summed E-state index contributed by atoms with van der Waals surface area (Å²) < 4.78 is 5.32. The van der Waals surface area contributed by atoms with E-state index in [2.05, 4.69) is 31.3 Å². The molecule has 2 heteroatoms. The molecule has 0 aliphatic heterocycles. The lowest BCUT2D eigenvalue weighted by molar-refractivity contribution is 0.405. The summed E-state index contributed by atoms with van der Waals surface area (Å²) in [5.74, 6) is 1.48. The Labute approximate surface area is 86.3 Å². The zero-order valence-electron chi connectivity index (χ0n) is 9.21. The number of para-hydroxylation sites is 1. The lowest BCUT2D eigenvalue weighted by Crippen LogP contribution is -2.19. The van der Waals surface area contributed by atoms with Gasteiger partial charge in [0.2, 0.25) is 0 Å². The summed E-state index contributed by atoms with van der Waals surface area (Å²) in [6, 6.07) is 8.20. The summed E-state index contributed by atoms with van der Waals surface area (Å²) in [7, 11) is 1.72. The third-order valence-electron chi connectivity index (χ3n) is 2.37. The molecule has 1 atom stereocenters. The average Bonchev–Trinajstić information content (AvgIpc) is 2.25. The highest BCUT2D eigenvalue weighted by Crippen LogP contribution is 2.25. The smallest absolute Gasteiger partial charge is 0.122 e. The van der Waals surface area contributed by atoms with Crippen LogP contribution in [0.25, 0.3) is 0 Å². The monoisotopic (exact) mass is 193 g/mol. The van der Waals surface area contributed by atoms with E-state index in [1.807, 2.05) is 12.1 Å². The Morgan fingerprint density at radius 2 is 2.07 bits per heavy atom. The van der Waals surface area contributed by atoms with Crippen LogP contribution in [-0.2, 0) is 0 Å². The molecule has 0 heterocycles. The molecular weight excluding hydrogens is 174 g/mol. The summed E-state index contributed by atoms with van der Waals surface area (Å²) in [5.41, 5.74) is 1.27. The highest BCUT2D eigenvalue weighted by atomic mass is 16.5. The highest BCUT2D eigenvalue weighted by Gasteiger charge is 2.09. The minimum absolute atomic E-state index is 0.492. The number of nitrogens with one attached hydrogen (secondary N) is 1. The maximum atomic E-state index is 5.32. The van der Waals surface area contributed by atoms with E-state index in [0.29, 0.717) is 5.92 Å². The maximum Gasteiger partial charge on any atom is 0.122 e. The summed E-state index contributed by atoms with van der Waals surface area (Å²) in [4.78, 5) is 0. The van der Waals surface area contributed by atoms with Crippen molar-refractivity contribution < 1.29 is 4.74 Å². The number of hydrogen-bond donors (Lipinski definition) is 1. The molecule has 2 nitrogen and oxygen atoms in total. The van der Waals surface area contributed by atoms with Crippen molar-refractivity contribution in [3.63, 3.8) is 0 Å². The SMILES string of the molecule is CCNCC(C)c1ccccc1OC. The Kier molecular flexibility index (Phi) is 4.47. The molecule has 0 aliphatic rings. The van der Waals surface area contributed by atoms with Gasteiger partial charge in [0.1, 0.15) is 5.75 Å². The molecular formula is C12H19NO. The molecule has 78 valence electrons. The van der Waals surface area contributed by atoms with Crippen molar-refractivity contribution in [1.29, 1.82) is 0 Å². The summed E-state index contributed by atoms with van der Waals surface area (Å²) in [6.07, 6.45) is 0. The van der Waals surface area contributed by atoms with Gasteiger partial charge in [0.25, 0.3) is 0 Å². The van der Waals surface area contributed by atoms with Gasteiger partial charge in [0, 0.05) is 6.54 Å². The molecule has 1 rings (SSSR count). The van der Waals surface area contributed by atoms with Crippen LogP contribution in [0.2, 0.25) is 0 Å². The topological polar surface area (TPSA) is 21.3 Å². The standard InChI is InChI=1S/C12H19NO/c1-4-13-9-10(2)11-7-5-6-8-12(11)14-3/h5-8,10,13H,4,9H2,1-3H3. The van der Waals surface area contributed by atoms with Crippen molar-refractivity contribution in [1.82, 2.24) is 5.32 Å². The Morgan fingerprint density at radius 1 is 1.36 bits per heavy atom. The van der Waals surface area contributed by atoms with Crippen LogP contribution in [0, 0.1) is 0 Å². The van der Waals surface area contributed by atoms with Crippen molar-refractivity contribution in [2.24, 2.45) is 0 Å². The Balaban J connectivity index is 2.72. The second-order valence-electron chi connectivity index (χ2n) is 3.45. The quantitative estimate of drug-likeness (QED) is 0.775. The molecule has 0 bridgehead atoms. The van der Waals surface area contributed by atoms with Crippen molar-refractivity contribution in [2.75, 3.05) is 20.2 Å². The van der Waals surface area contributed by atoms with Crippen LogP contribution in [0.5, 0.6) is 5.75 Å². The minimum atomic E-state index is 0.492. The van der Waals surface area contributed by atoms with E-state index in [1.54, 1.807) is 7.11 Å². The first-order valence-corrected chi connectivity index (χ1v) is 5.13. The highest BCUT2D eigenvalue weighted by molar-refractivity contribution is 5.35. The molecule has 14 heavy (non-hydrogen) atoms. The molecule has 1 unspecified atom stereocenters. The third kappa shape index (κ3) is 2.74. The largest absolute Gasteiger partial charge is 0.496 e. The lowest BCUT2D eigenvalue weighted by atomic mass is 10.0. The second kappa shape index (κ2) is 5.66. The molecule has 0 fully saturated rings. The number of hydrogen-bond acceptors (Lipinski definition) is 2. The predicted molar refractivity (Wildman–Crippen MR) is 60.0 cm³/mol. The van der Waals surface area contributed by atoms with E-state index in [-0.39, 0.29) is 0 Å². The van der Waals surface area contributed by atoms with Crippen LogP contribution in [0.4, 0.5) is 0 Å². The fourth-order valence-electron chi connectivity index (χ4n) is 1.54. The fourth-order valence-corrected chi connectivity index (χ4v) is 1.54. The number of rotatable bonds is 5. The number of methoxy groups -OCH3 is 1. The molecule has 0 saturated heterocycles. The Morgan fingerprint density at radius 3 is 2.71 bits per heavy atom. The number of likely N-dealkylation sites (N-methyl/N-ethyl adjacent to an activating group) is 1. The van der Waals surface area contributed by atoms with Crippen molar-refractivity contribution in [3.8, 4) is 5.75 Å². The molecule has 1 N–H and O–H groups in total. The first-order valence-electron chi connectivity index (χ1n) is 5.13. The van der Waals surface area contributed by atoms with Crippen LogP contribution in [0.15, 0.2) is 24.3 Å². The number of benzene rings is 1. The van der Waals surface area contributed by atoms with Crippen LogP contribution < -0.4 is 10.1 Å². The van der Waals surface area contributed by atoms with E-state index in [9.17, 15) is 0 Å². The van der Waals surface area contributed by atoms with Gasteiger partial charge in [-0.3, -0.25) is 0 Å².